The summed E-state index contributed by atoms with van der Waals surface area (Å²) in [7, 11) is 1.70. The van der Waals surface area contributed by atoms with Gasteiger partial charge in [0.2, 0.25) is 5.95 Å². The Morgan fingerprint density at radius 3 is 2.46 bits per heavy atom. The van der Waals surface area contributed by atoms with Gasteiger partial charge in [-0.2, -0.15) is 4.98 Å². The second-order valence-electron chi connectivity index (χ2n) is 5.92. The van der Waals surface area contributed by atoms with Crippen molar-refractivity contribution in [2.45, 2.75) is 6.92 Å². The van der Waals surface area contributed by atoms with Crippen molar-refractivity contribution in [2.24, 2.45) is 0 Å². The molecule has 0 unspecified atom stereocenters. The number of ether oxygens (including phenoxy) is 1. The van der Waals surface area contributed by atoms with Crippen LogP contribution in [0.3, 0.4) is 0 Å². The van der Waals surface area contributed by atoms with Crippen LogP contribution < -0.4 is 15.1 Å². The molecule has 6 heteroatoms. The minimum Gasteiger partial charge on any atom is -0.383 e. The highest BCUT2D eigenvalue weighted by molar-refractivity contribution is 5.49. The van der Waals surface area contributed by atoms with Gasteiger partial charge in [0.15, 0.2) is 0 Å². The Hall–Kier alpha value is -2.34. The summed E-state index contributed by atoms with van der Waals surface area (Å²) in [6, 6.07) is 12.5. The first kappa shape index (κ1) is 16.5. The monoisotopic (exact) mass is 327 g/mol. The number of piperazine rings is 1. The summed E-state index contributed by atoms with van der Waals surface area (Å²) < 4.78 is 5.07. The van der Waals surface area contributed by atoms with Crippen LogP contribution in [-0.2, 0) is 4.74 Å². The molecule has 0 radical (unpaired) electrons. The van der Waals surface area contributed by atoms with Crippen LogP contribution in [0.5, 0.6) is 0 Å². The van der Waals surface area contributed by atoms with Crippen molar-refractivity contribution >= 4 is 17.5 Å². The maximum Gasteiger partial charge on any atom is 0.227 e. The van der Waals surface area contributed by atoms with E-state index in [2.05, 4.69) is 55.4 Å². The molecule has 128 valence electrons. The molecule has 24 heavy (non-hydrogen) atoms. The number of nitrogens with zero attached hydrogens (tertiary/aromatic N) is 4. The molecule has 0 bridgehead atoms. The summed E-state index contributed by atoms with van der Waals surface area (Å²) in [4.78, 5) is 13.9. The predicted molar refractivity (Wildman–Crippen MR) is 98.0 cm³/mol. The zero-order valence-electron chi connectivity index (χ0n) is 14.4. The van der Waals surface area contributed by atoms with Gasteiger partial charge >= 0.3 is 0 Å². The van der Waals surface area contributed by atoms with Crippen LogP contribution in [0.1, 0.15) is 5.69 Å². The minimum atomic E-state index is 0.661. The van der Waals surface area contributed by atoms with Gasteiger partial charge in [-0.15, -0.1) is 0 Å². The summed E-state index contributed by atoms with van der Waals surface area (Å²) in [6.07, 6.45) is 0. The highest BCUT2D eigenvalue weighted by Crippen LogP contribution is 2.19. The molecule has 0 aliphatic carbocycles. The molecular formula is C18H25N5O. The zero-order chi connectivity index (χ0) is 16.8. The van der Waals surface area contributed by atoms with E-state index in [1.54, 1.807) is 7.11 Å². The van der Waals surface area contributed by atoms with Gasteiger partial charge in [0.1, 0.15) is 5.82 Å². The number of benzene rings is 1. The topological polar surface area (TPSA) is 53.5 Å². The quantitative estimate of drug-likeness (QED) is 0.821. The molecule has 1 fully saturated rings. The van der Waals surface area contributed by atoms with E-state index in [1.165, 1.54) is 5.69 Å². The Kier molecular flexibility index (Phi) is 5.48. The second kappa shape index (κ2) is 7.97. The SMILES string of the molecule is COCCNc1cc(C)nc(N2CCN(c3ccccc3)CC2)n1. The molecule has 0 atom stereocenters. The molecule has 1 aromatic heterocycles. The van der Waals surface area contributed by atoms with Crippen molar-refractivity contribution in [3.63, 3.8) is 0 Å². The predicted octanol–water partition coefficient (Wildman–Crippen LogP) is 2.17. The summed E-state index contributed by atoms with van der Waals surface area (Å²) in [5.74, 6) is 1.67. The number of rotatable bonds is 6. The van der Waals surface area contributed by atoms with Crippen molar-refractivity contribution in [1.29, 1.82) is 0 Å². The highest BCUT2D eigenvalue weighted by Gasteiger charge is 2.19. The minimum absolute atomic E-state index is 0.661. The number of hydrogen-bond acceptors (Lipinski definition) is 6. The molecule has 0 spiro atoms. The van der Waals surface area contributed by atoms with Crippen LogP contribution in [0.15, 0.2) is 36.4 Å². The summed E-state index contributed by atoms with van der Waals surface area (Å²) >= 11 is 0. The van der Waals surface area contributed by atoms with E-state index in [0.29, 0.717) is 6.61 Å². The van der Waals surface area contributed by atoms with Gasteiger partial charge in [0.05, 0.1) is 6.61 Å². The summed E-state index contributed by atoms with van der Waals surface area (Å²) in [5, 5.41) is 3.29. The molecule has 1 N–H and O–H groups in total. The Morgan fingerprint density at radius 1 is 1.04 bits per heavy atom. The number of para-hydroxylation sites is 1. The van der Waals surface area contributed by atoms with Gasteiger partial charge in [-0.1, -0.05) is 18.2 Å². The lowest BCUT2D eigenvalue weighted by molar-refractivity contribution is 0.210. The first-order valence-corrected chi connectivity index (χ1v) is 8.40. The van der Waals surface area contributed by atoms with E-state index in [1.807, 2.05) is 13.0 Å². The standard InChI is InChI=1S/C18H25N5O/c1-15-14-17(19-8-13-24-2)21-18(20-15)23-11-9-22(10-12-23)16-6-4-3-5-7-16/h3-7,14H,8-13H2,1-2H3,(H,19,20,21). The fraction of sp³-hybridized carbons (Fsp3) is 0.444. The lowest BCUT2D eigenvalue weighted by Crippen LogP contribution is -2.47. The van der Waals surface area contributed by atoms with Gasteiger partial charge in [-0.3, -0.25) is 0 Å². The van der Waals surface area contributed by atoms with Crippen molar-refractivity contribution in [3.8, 4) is 0 Å². The average molecular weight is 327 g/mol. The number of anilines is 3. The van der Waals surface area contributed by atoms with E-state index in [-0.39, 0.29) is 0 Å². The van der Waals surface area contributed by atoms with Crippen molar-refractivity contribution in [1.82, 2.24) is 9.97 Å². The number of nitrogens with one attached hydrogen (secondary N) is 1. The van der Waals surface area contributed by atoms with Crippen molar-refractivity contribution in [3.05, 3.63) is 42.1 Å². The van der Waals surface area contributed by atoms with Crippen LogP contribution in [0.25, 0.3) is 0 Å². The second-order valence-corrected chi connectivity index (χ2v) is 5.92. The average Bonchev–Trinajstić information content (AvgIpc) is 2.62. The maximum atomic E-state index is 5.07. The molecule has 0 amide bonds. The van der Waals surface area contributed by atoms with Gasteiger partial charge in [-0.05, 0) is 19.1 Å². The van der Waals surface area contributed by atoms with Crippen LogP contribution in [0.4, 0.5) is 17.5 Å². The third kappa shape index (κ3) is 4.14. The van der Waals surface area contributed by atoms with Gasteiger partial charge in [0.25, 0.3) is 0 Å². The lowest BCUT2D eigenvalue weighted by Gasteiger charge is -2.36. The van der Waals surface area contributed by atoms with E-state index >= 15 is 0 Å². The zero-order valence-corrected chi connectivity index (χ0v) is 14.4. The molecule has 3 rings (SSSR count). The molecule has 0 saturated carbocycles. The van der Waals surface area contributed by atoms with Crippen molar-refractivity contribution in [2.75, 3.05) is 61.6 Å². The maximum absolute atomic E-state index is 5.07. The molecule has 2 heterocycles. The Balaban J connectivity index is 1.63. The van der Waals surface area contributed by atoms with E-state index in [4.69, 9.17) is 4.74 Å². The van der Waals surface area contributed by atoms with Gasteiger partial charge in [-0.25, -0.2) is 4.98 Å². The molecule has 1 aliphatic heterocycles. The van der Waals surface area contributed by atoms with E-state index in [9.17, 15) is 0 Å². The lowest BCUT2D eigenvalue weighted by atomic mass is 10.2. The fourth-order valence-electron chi connectivity index (χ4n) is 2.87. The summed E-state index contributed by atoms with van der Waals surface area (Å²) in [6.45, 7) is 7.22. The largest absolute Gasteiger partial charge is 0.383 e. The van der Waals surface area contributed by atoms with Crippen LogP contribution in [0, 0.1) is 6.92 Å². The number of aromatic nitrogens is 2. The van der Waals surface area contributed by atoms with E-state index < -0.39 is 0 Å². The molecule has 6 nitrogen and oxygen atoms in total. The van der Waals surface area contributed by atoms with Crippen LogP contribution in [0.2, 0.25) is 0 Å². The first-order chi connectivity index (χ1) is 11.8. The van der Waals surface area contributed by atoms with Crippen molar-refractivity contribution < 1.29 is 4.74 Å². The number of aryl methyl sites for hydroxylation is 1. The molecule has 1 aromatic carbocycles. The molecule has 1 saturated heterocycles. The smallest absolute Gasteiger partial charge is 0.227 e. The summed E-state index contributed by atoms with van der Waals surface area (Å²) in [5.41, 5.74) is 2.26. The molecular weight excluding hydrogens is 302 g/mol. The third-order valence-electron chi connectivity index (χ3n) is 4.14. The number of hydrogen-bond donors (Lipinski definition) is 1. The normalized spacial score (nSPS) is 14.8. The van der Waals surface area contributed by atoms with Crippen LogP contribution in [-0.4, -0.2) is 56.4 Å². The Labute approximate surface area is 143 Å². The Morgan fingerprint density at radius 2 is 1.75 bits per heavy atom. The van der Waals surface area contributed by atoms with Gasteiger partial charge in [0, 0.05) is 57.3 Å². The molecule has 2 aromatic rings. The number of methoxy groups -OCH3 is 1. The van der Waals surface area contributed by atoms with Crippen LogP contribution >= 0.6 is 0 Å². The van der Waals surface area contributed by atoms with E-state index in [0.717, 1.165) is 50.2 Å². The highest BCUT2D eigenvalue weighted by atomic mass is 16.5. The first-order valence-electron chi connectivity index (χ1n) is 8.40. The molecule has 1 aliphatic rings. The fourth-order valence-corrected chi connectivity index (χ4v) is 2.87. The third-order valence-corrected chi connectivity index (χ3v) is 4.14. The Bertz CT molecular complexity index is 641. The van der Waals surface area contributed by atoms with Gasteiger partial charge < -0.3 is 19.9 Å².